The topological polar surface area (TPSA) is 94.5 Å². The molecule has 0 aliphatic carbocycles. The van der Waals surface area contributed by atoms with E-state index in [1.807, 2.05) is 47.2 Å². The highest BCUT2D eigenvalue weighted by Crippen LogP contribution is 2.20. The van der Waals surface area contributed by atoms with E-state index in [1.54, 1.807) is 17.2 Å². The number of aromatic nitrogens is 7. The SMILES string of the molecule is OCCn1cnc(-c2ccc3nnn(Cc4ccc5ncccc5c4)c3n2)c1. The molecular formula is C20H17N7O. The molecule has 8 nitrogen and oxygen atoms in total. The number of rotatable bonds is 5. The Morgan fingerprint density at radius 1 is 0.964 bits per heavy atom. The zero-order chi connectivity index (χ0) is 18.9. The third-order valence-electron chi connectivity index (χ3n) is 4.61. The van der Waals surface area contributed by atoms with E-state index in [1.165, 1.54) is 0 Å². The predicted molar refractivity (Wildman–Crippen MR) is 104 cm³/mol. The Hall–Kier alpha value is -3.65. The Morgan fingerprint density at radius 2 is 1.89 bits per heavy atom. The Kier molecular flexibility index (Phi) is 4.02. The zero-order valence-corrected chi connectivity index (χ0v) is 15.0. The van der Waals surface area contributed by atoms with E-state index >= 15 is 0 Å². The fourth-order valence-electron chi connectivity index (χ4n) is 3.23. The summed E-state index contributed by atoms with van der Waals surface area (Å²) < 4.78 is 3.63. The van der Waals surface area contributed by atoms with Crippen molar-refractivity contribution < 1.29 is 5.11 Å². The molecule has 4 heterocycles. The summed E-state index contributed by atoms with van der Waals surface area (Å²) in [4.78, 5) is 13.5. The molecule has 1 N–H and O–H groups in total. The number of imidazole rings is 1. The molecule has 28 heavy (non-hydrogen) atoms. The van der Waals surface area contributed by atoms with E-state index in [2.05, 4.69) is 26.3 Å². The summed E-state index contributed by atoms with van der Waals surface area (Å²) in [6.45, 7) is 1.14. The Morgan fingerprint density at radius 3 is 2.82 bits per heavy atom. The third kappa shape index (κ3) is 2.99. The van der Waals surface area contributed by atoms with Crippen molar-refractivity contribution in [1.29, 1.82) is 0 Å². The minimum atomic E-state index is 0.0697. The molecule has 0 amide bonds. The minimum absolute atomic E-state index is 0.0697. The van der Waals surface area contributed by atoms with Gasteiger partial charge >= 0.3 is 0 Å². The molecule has 0 fully saturated rings. The van der Waals surface area contributed by atoms with E-state index in [9.17, 15) is 0 Å². The van der Waals surface area contributed by atoms with Gasteiger partial charge in [0.1, 0.15) is 11.2 Å². The summed E-state index contributed by atoms with van der Waals surface area (Å²) >= 11 is 0. The molecule has 0 unspecified atom stereocenters. The number of fused-ring (bicyclic) bond motifs is 2. The monoisotopic (exact) mass is 371 g/mol. The Balaban J connectivity index is 1.50. The van der Waals surface area contributed by atoms with Gasteiger partial charge in [0, 0.05) is 24.3 Å². The van der Waals surface area contributed by atoms with E-state index < -0.39 is 0 Å². The van der Waals surface area contributed by atoms with Crippen LogP contribution in [0.4, 0.5) is 0 Å². The zero-order valence-electron chi connectivity index (χ0n) is 15.0. The summed E-state index contributed by atoms with van der Waals surface area (Å²) in [6.07, 6.45) is 5.35. The molecule has 0 aliphatic heterocycles. The van der Waals surface area contributed by atoms with Crippen LogP contribution in [0.5, 0.6) is 0 Å². The smallest absolute Gasteiger partial charge is 0.179 e. The van der Waals surface area contributed by atoms with Crippen LogP contribution in [0.25, 0.3) is 33.5 Å². The first-order chi connectivity index (χ1) is 13.8. The molecule has 1 aromatic carbocycles. The second-order valence-corrected chi connectivity index (χ2v) is 6.54. The lowest BCUT2D eigenvalue weighted by molar-refractivity contribution is 0.276. The van der Waals surface area contributed by atoms with Gasteiger partial charge in [-0.05, 0) is 35.9 Å². The second kappa shape index (κ2) is 6.82. The van der Waals surface area contributed by atoms with Crippen molar-refractivity contribution in [3.05, 3.63) is 66.7 Å². The summed E-state index contributed by atoms with van der Waals surface area (Å²) in [5, 5.41) is 18.7. The maximum atomic E-state index is 9.07. The molecule has 138 valence electrons. The van der Waals surface area contributed by atoms with Crippen molar-refractivity contribution in [2.75, 3.05) is 6.61 Å². The summed E-state index contributed by atoms with van der Waals surface area (Å²) in [5.74, 6) is 0. The first kappa shape index (κ1) is 16.5. The normalized spacial score (nSPS) is 11.5. The van der Waals surface area contributed by atoms with E-state index in [0.717, 1.165) is 33.4 Å². The van der Waals surface area contributed by atoms with Crippen molar-refractivity contribution >= 4 is 22.1 Å². The van der Waals surface area contributed by atoms with Crippen LogP contribution in [0.2, 0.25) is 0 Å². The molecule has 0 bridgehead atoms. The molecule has 8 heteroatoms. The van der Waals surface area contributed by atoms with Crippen LogP contribution in [0, 0.1) is 0 Å². The number of benzene rings is 1. The molecule has 0 spiro atoms. The molecule has 0 aliphatic rings. The van der Waals surface area contributed by atoms with Crippen molar-refractivity contribution in [3.8, 4) is 11.4 Å². The van der Waals surface area contributed by atoms with Crippen LogP contribution in [0.3, 0.4) is 0 Å². The number of hydrogen-bond donors (Lipinski definition) is 1. The molecule has 5 rings (SSSR count). The van der Waals surface area contributed by atoms with Gasteiger partial charge < -0.3 is 9.67 Å². The molecule has 0 atom stereocenters. The third-order valence-corrected chi connectivity index (χ3v) is 4.61. The van der Waals surface area contributed by atoms with Gasteiger partial charge in [-0.2, -0.15) is 0 Å². The number of hydrogen-bond acceptors (Lipinski definition) is 6. The molecule has 0 saturated carbocycles. The lowest BCUT2D eigenvalue weighted by Gasteiger charge is -2.05. The predicted octanol–water partition coefficient (Wildman–Crippen LogP) is 2.28. The maximum absolute atomic E-state index is 9.07. The molecule has 5 aromatic rings. The van der Waals surface area contributed by atoms with Gasteiger partial charge in [0.25, 0.3) is 0 Å². The average molecular weight is 371 g/mol. The largest absolute Gasteiger partial charge is 0.395 e. The molecule has 0 radical (unpaired) electrons. The molecule has 0 saturated heterocycles. The van der Waals surface area contributed by atoms with Crippen LogP contribution in [-0.4, -0.2) is 46.2 Å². The summed E-state index contributed by atoms with van der Waals surface area (Å²) in [7, 11) is 0. The summed E-state index contributed by atoms with van der Waals surface area (Å²) in [6, 6.07) is 13.9. The van der Waals surface area contributed by atoms with Crippen LogP contribution in [0.15, 0.2) is 61.2 Å². The van der Waals surface area contributed by atoms with Crippen LogP contribution < -0.4 is 0 Å². The van der Waals surface area contributed by atoms with Gasteiger partial charge in [0.15, 0.2) is 5.65 Å². The van der Waals surface area contributed by atoms with Gasteiger partial charge in [0.05, 0.1) is 30.7 Å². The quantitative estimate of drug-likeness (QED) is 0.509. The van der Waals surface area contributed by atoms with E-state index in [0.29, 0.717) is 18.7 Å². The van der Waals surface area contributed by atoms with Crippen molar-refractivity contribution in [1.82, 2.24) is 34.5 Å². The van der Waals surface area contributed by atoms with Gasteiger partial charge in [0.2, 0.25) is 0 Å². The van der Waals surface area contributed by atoms with Crippen molar-refractivity contribution in [2.24, 2.45) is 0 Å². The molecular weight excluding hydrogens is 354 g/mol. The number of aliphatic hydroxyl groups is 1. The highest BCUT2D eigenvalue weighted by Gasteiger charge is 2.11. The second-order valence-electron chi connectivity index (χ2n) is 6.54. The van der Waals surface area contributed by atoms with Gasteiger partial charge in [-0.25, -0.2) is 14.6 Å². The van der Waals surface area contributed by atoms with Crippen LogP contribution in [-0.2, 0) is 13.1 Å². The standard InChI is InChI=1S/C20H17N7O/c28-9-8-26-12-19(22-13-26)17-5-6-18-20(23-17)27(25-24-18)11-14-3-4-16-15(10-14)2-1-7-21-16/h1-7,10,12-13,28H,8-9,11H2. The summed E-state index contributed by atoms with van der Waals surface area (Å²) in [5.41, 5.74) is 5.01. The highest BCUT2D eigenvalue weighted by atomic mass is 16.3. The van der Waals surface area contributed by atoms with Gasteiger partial charge in [-0.3, -0.25) is 4.98 Å². The van der Waals surface area contributed by atoms with Gasteiger partial charge in [-0.15, -0.1) is 5.10 Å². The first-order valence-electron chi connectivity index (χ1n) is 8.97. The average Bonchev–Trinajstić information content (AvgIpc) is 3.35. The molecule has 4 aromatic heterocycles. The maximum Gasteiger partial charge on any atom is 0.179 e. The van der Waals surface area contributed by atoms with E-state index in [4.69, 9.17) is 10.1 Å². The van der Waals surface area contributed by atoms with E-state index in [-0.39, 0.29) is 6.61 Å². The first-order valence-corrected chi connectivity index (χ1v) is 8.97. The van der Waals surface area contributed by atoms with Gasteiger partial charge in [-0.1, -0.05) is 17.3 Å². The number of aliphatic hydroxyl groups excluding tert-OH is 1. The van der Waals surface area contributed by atoms with Crippen LogP contribution in [0.1, 0.15) is 5.56 Å². The number of nitrogens with zero attached hydrogens (tertiary/aromatic N) is 7. The Labute approximate surface area is 160 Å². The van der Waals surface area contributed by atoms with Crippen LogP contribution >= 0.6 is 0 Å². The van der Waals surface area contributed by atoms with Crippen molar-refractivity contribution in [3.63, 3.8) is 0 Å². The van der Waals surface area contributed by atoms with Crippen molar-refractivity contribution in [2.45, 2.75) is 13.1 Å². The lowest BCUT2D eigenvalue weighted by Crippen LogP contribution is -2.03. The fourth-order valence-corrected chi connectivity index (χ4v) is 3.23. The number of pyridine rings is 2. The lowest BCUT2D eigenvalue weighted by atomic mass is 10.1. The Bertz CT molecular complexity index is 1270. The highest BCUT2D eigenvalue weighted by molar-refractivity contribution is 5.79. The minimum Gasteiger partial charge on any atom is -0.395 e. The fraction of sp³-hybridized carbons (Fsp3) is 0.150.